The lowest BCUT2D eigenvalue weighted by atomic mass is 9.77. The van der Waals surface area contributed by atoms with Gasteiger partial charge in [0.15, 0.2) is 0 Å². The molecule has 0 amide bonds. The number of alkyl halides is 1. The third-order valence-corrected chi connectivity index (χ3v) is 7.09. The van der Waals surface area contributed by atoms with Crippen molar-refractivity contribution in [3.8, 4) is 0 Å². The first-order chi connectivity index (χ1) is 18.0. The summed E-state index contributed by atoms with van der Waals surface area (Å²) < 4.78 is 27.1. The van der Waals surface area contributed by atoms with Crippen molar-refractivity contribution in [2.45, 2.75) is 97.4 Å². The Hall–Kier alpha value is -2.37. The molecule has 0 unspecified atom stereocenters. The van der Waals surface area contributed by atoms with Gasteiger partial charge in [-0.05, 0) is 11.8 Å². The van der Waals surface area contributed by atoms with Crippen LogP contribution in [0, 0.1) is 23.7 Å². The summed E-state index contributed by atoms with van der Waals surface area (Å²) in [6.45, 7) is 11.3. The monoisotopic (exact) mass is 576 g/mol. The molecule has 0 radical (unpaired) electrons. The van der Waals surface area contributed by atoms with Crippen molar-refractivity contribution in [3.05, 3.63) is 11.8 Å². The molecule has 1 aliphatic carbocycles. The molecule has 39 heavy (non-hydrogen) atoms. The van der Waals surface area contributed by atoms with E-state index in [-0.39, 0.29) is 36.7 Å². The second-order valence-electron chi connectivity index (χ2n) is 11.4. The molecule has 0 bridgehead atoms. The molecule has 1 aliphatic heterocycles. The van der Waals surface area contributed by atoms with Gasteiger partial charge in [0.1, 0.15) is 23.9 Å². The second-order valence-corrected chi connectivity index (χ2v) is 11.7. The number of ether oxygens (including phenoxy) is 5. The van der Waals surface area contributed by atoms with Crippen molar-refractivity contribution in [2.75, 3.05) is 12.5 Å². The molecule has 2 N–H and O–H groups in total. The van der Waals surface area contributed by atoms with Gasteiger partial charge in [0.2, 0.25) is 6.10 Å². The van der Waals surface area contributed by atoms with Crippen LogP contribution in [0.25, 0.3) is 0 Å². The average molecular weight is 577 g/mol. The number of carbonyl (C=O) groups excluding carboxylic acids is 4. The summed E-state index contributed by atoms with van der Waals surface area (Å²) in [5.41, 5.74) is -4.03. The largest absolute Gasteiger partial charge is 0.462 e. The Balaban J connectivity index is 2.33. The summed E-state index contributed by atoms with van der Waals surface area (Å²) >= 11 is 6.13. The van der Waals surface area contributed by atoms with E-state index in [1.54, 1.807) is 13.8 Å². The molecular formula is C27H41ClO11. The van der Waals surface area contributed by atoms with Crippen LogP contribution >= 0.6 is 11.6 Å². The molecule has 2 aliphatic rings. The lowest BCUT2D eigenvalue weighted by Crippen LogP contribution is -2.58. The van der Waals surface area contributed by atoms with E-state index in [9.17, 15) is 29.4 Å². The minimum Gasteiger partial charge on any atom is -0.462 e. The second kappa shape index (κ2) is 13.3. The molecule has 1 heterocycles. The first kappa shape index (κ1) is 32.8. The van der Waals surface area contributed by atoms with Crippen LogP contribution in [-0.2, 0) is 42.9 Å². The quantitative estimate of drug-likeness (QED) is 0.200. The minimum atomic E-state index is -2.05. The summed E-state index contributed by atoms with van der Waals surface area (Å²) in [6, 6.07) is 0. The van der Waals surface area contributed by atoms with Crippen LogP contribution in [0.2, 0.25) is 0 Å². The Morgan fingerprint density at radius 1 is 1.03 bits per heavy atom. The van der Waals surface area contributed by atoms with Crippen LogP contribution in [0.15, 0.2) is 11.8 Å². The van der Waals surface area contributed by atoms with Crippen LogP contribution < -0.4 is 0 Å². The van der Waals surface area contributed by atoms with Crippen molar-refractivity contribution in [3.63, 3.8) is 0 Å². The average Bonchev–Trinajstić information content (AvgIpc) is 3.02. The molecule has 222 valence electrons. The fourth-order valence-electron chi connectivity index (χ4n) is 4.81. The van der Waals surface area contributed by atoms with E-state index in [2.05, 4.69) is 0 Å². The molecule has 0 spiro atoms. The van der Waals surface area contributed by atoms with E-state index in [0.29, 0.717) is 0 Å². The van der Waals surface area contributed by atoms with Gasteiger partial charge in [0.05, 0.1) is 18.1 Å². The van der Waals surface area contributed by atoms with E-state index in [1.807, 2.05) is 27.7 Å². The summed E-state index contributed by atoms with van der Waals surface area (Å²) in [5.74, 6) is -5.00. The van der Waals surface area contributed by atoms with Crippen molar-refractivity contribution in [2.24, 2.45) is 23.7 Å². The Morgan fingerprint density at radius 3 is 2.13 bits per heavy atom. The number of fused-ring (bicyclic) bond motifs is 1. The first-order valence-electron chi connectivity index (χ1n) is 13.1. The Bertz CT molecular complexity index is 946. The third kappa shape index (κ3) is 7.85. The number of esters is 4. The highest BCUT2D eigenvalue weighted by molar-refractivity contribution is 6.18. The Labute approximate surface area is 234 Å². The summed E-state index contributed by atoms with van der Waals surface area (Å²) in [7, 11) is 0. The molecule has 0 aromatic heterocycles. The minimum absolute atomic E-state index is 0.0196. The van der Waals surface area contributed by atoms with E-state index >= 15 is 0 Å². The van der Waals surface area contributed by atoms with E-state index in [0.717, 1.165) is 13.2 Å². The SMILES string of the molecule is CC(=O)O[C@H]1C[C@]2(O)C(COC(=O)[C@H](OC(=O)CC(C)C)C(C)C)=CO[C@@H](OC(=O)CC(C)C)[C@@H]2[C@]1(O)CCl. The molecule has 11 nitrogen and oxygen atoms in total. The molecule has 0 aromatic rings. The van der Waals surface area contributed by atoms with Crippen LogP contribution in [0.1, 0.15) is 67.7 Å². The van der Waals surface area contributed by atoms with Gasteiger partial charge in [-0.15, -0.1) is 11.6 Å². The van der Waals surface area contributed by atoms with Crippen LogP contribution in [0.4, 0.5) is 0 Å². The van der Waals surface area contributed by atoms with Gasteiger partial charge in [-0.1, -0.05) is 41.5 Å². The van der Waals surface area contributed by atoms with Crippen molar-refractivity contribution < 1.29 is 53.1 Å². The number of carbonyl (C=O) groups is 4. The Kier molecular flexibility index (Phi) is 11.2. The maximum absolute atomic E-state index is 12.9. The molecular weight excluding hydrogens is 536 g/mol. The van der Waals surface area contributed by atoms with Gasteiger partial charge < -0.3 is 33.9 Å². The zero-order chi connectivity index (χ0) is 29.7. The smallest absolute Gasteiger partial charge is 0.348 e. The van der Waals surface area contributed by atoms with Crippen LogP contribution in [-0.4, -0.2) is 76.3 Å². The normalized spacial score (nSPS) is 28.8. The molecule has 6 atom stereocenters. The van der Waals surface area contributed by atoms with Crippen LogP contribution in [0.5, 0.6) is 0 Å². The molecule has 0 aromatic carbocycles. The van der Waals surface area contributed by atoms with Crippen molar-refractivity contribution in [1.82, 2.24) is 0 Å². The zero-order valence-corrected chi connectivity index (χ0v) is 24.4. The van der Waals surface area contributed by atoms with Gasteiger partial charge >= 0.3 is 23.9 Å². The molecule has 12 heteroatoms. The summed E-state index contributed by atoms with van der Waals surface area (Å²) in [4.78, 5) is 49.3. The van der Waals surface area contributed by atoms with Crippen molar-refractivity contribution >= 4 is 35.5 Å². The molecule has 1 saturated carbocycles. The summed E-state index contributed by atoms with van der Waals surface area (Å²) in [5, 5.41) is 23.4. The maximum Gasteiger partial charge on any atom is 0.348 e. The highest BCUT2D eigenvalue weighted by Crippen LogP contribution is 2.53. The summed E-state index contributed by atoms with van der Waals surface area (Å²) in [6.07, 6.45) is -2.99. The van der Waals surface area contributed by atoms with Gasteiger partial charge in [-0.25, -0.2) is 4.79 Å². The predicted octanol–water partition coefficient (Wildman–Crippen LogP) is 2.63. The van der Waals surface area contributed by atoms with Gasteiger partial charge in [-0.3, -0.25) is 14.4 Å². The van der Waals surface area contributed by atoms with Gasteiger partial charge in [-0.2, -0.15) is 0 Å². The fraction of sp³-hybridized carbons (Fsp3) is 0.778. The predicted molar refractivity (Wildman–Crippen MR) is 138 cm³/mol. The van der Waals surface area contributed by atoms with E-state index in [4.69, 9.17) is 35.3 Å². The number of aliphatic hydroxyl groups is 2. The zero-order valence-electron chi connectivity index (χ0n) is 23.6. The van der Waals surface area contributed by atoms with Gasteiger partial charge in [0.25, 0.3) is 6.29 Å². The maximum atomic E-state index is 12.9. The highest BCUT2D eigenvalue weighted by Gasteiger charge is 2.69. The number of hydrogen-bond donors (Lipinski definition) is 2. The topological polar surface area (TPSA) is 155 Å². The van der Waals surface area contributed by atoms with E-state index < -0.39 is 77.9 Å². The van der Waals surface area contributed by atoms with Crippen LogP contribution in [0.3, 0.4) is 0 Å². The van der Waals surface area contributed by atoms with Crippen molar-refractivity contribution in [1.29, 1.82) is 0 Å². The third-order valence-electron chi connectivity index (χ3n) is 6.67. The van der Waals surface area contributed by atoms with Gasteiger partial charge in [0, 0.05) is 37.7 Å². The number of hydrogen-bond acceptors (Lipinski definition) is 11. The standard InChI is InChI=1S/C27H41ClO11/c1-14(2)8-20(30)38-22(16(5)6)24(32)35-11-18-12-36-25(39-21(31)9-15(3)4)23-26(18,33)10-19(37-17(7)29)27(23,34)13-28/h12,14-16,19,22-23,25,33-34H,8-11,13H2,1-7H3/t19-,22+,23-,25-,26-,27-/m0/s1. The number of rotatable bonds is 12. The molecule has 1 fully saturated rings. The number of halogens is 1. The molecule has 0 saturated heterocycles. The highest BCUT2D eigenvalue weighted by atomic mass is 35.5. The lowest BCUT2D eigenvalue weighted by molar-refractivity contribution is -0.228. The Morgan fingerprint density at radius 2 is 1.62 bits per heavy atom. The first-order valence-corrected chi connectivity index (χ1v) is 13.7. The fourth-order valence-corrected chi connectivity index (χ4v) is 5.15. The van der Waals surface area contributed by atoms with E-state index in [1.165, 1.54) is 0 Å². The molecule has 2 rings (SSSR count). The lowest BCUT2D eigenvalue weighted by Gasteiger charge is -2.43.